The van der Waals surface area contributed by atoms with E-state index in [2.05, 4.69) is 4.74 Å². The number of ether oxygens (including phenoxy) is 1. The Morgan fingerprint density at radius 1 is 1.42 bits per heavy atom. The lowest BCUT2D eigenvalue weighted by Crippen LogP contribution is -2.27. The van der Waals surface area contributed by atoms with Crippen LogP contribution in [0.1, 0.15) is 6.92 Å². The summed E-state index contributed by atoms with van der Waals surface area (Å²) in [4.78, 5) is 22.5. The molecule has 1 rings (SSSR count). The molecule has 0 aliphatic carbocycles. The second-order valence-electron chi connectivity index (χ2n) is 3.89. The maximum Gasteiger partial charge on any atom is 0.321 e. The van der Waals surface area contributed by atoms with Gasteiger partial charge in [0.15, 0.2) is 9.84 Å². The molecule has 0 aliphatic rings. The zero-order chi connectivity index (χ0) is 14.5. The molecule has 0 saturated heterocycles. The average Bonchev–Trinajstić information content (AvgIpc) is 2.30. The Morgan fingerprint density at radius 3 is 2.74 bits per heavy atom. The minimum absolute atomic E-state index is 0.0500. The van der Waals surface area contributed by atoms with Crippen molar-refractivity contribution in [1.82, 2.24) is 4.57 Å². The number of rotatable bonds is 6. The molecular weight excluding hydrogens is 272 g/mol. The fourth-order valence-corrected chi connectivity index (χ4v) is 2.48. The van der Waals surface area contributed by atoms with Gasteiger partial charge in [-0.25, -0.2) is 8.42 Å². The van der Waals surface area contributed by atoms with Gasteiger partial charge < -0.3 is 15.0 Å². The largest absolute Gasteiger partial charge is 0.465 e. The molecule has 0 spiro atoms. The molecule has 0 saturated carbocycles. The molecule has 0 radical (unpaired) electrons. The van der Waals surface area contributed by atoms with Gasteiger partial charge in [0.2, 0.25) is 0 Å². The van der Waals surface area contributed by atoms with Crippen molar-refractivity contribution in [3.05, 3.63) is 28.7 Å². The number of carbonyl (C=O) groups excluding carboxylic acids is 1. The van der Waals surface area contributed by atoms with Crippen molar-refractivity contribution in [2.45, 2.75) is 13.5 Å². The van der Waals surface area contributed by atoms with Crippen LogP contribution < -0.4 is 11.3 Å². The van der Waals surface area contributed by atoms with Crippen molar-refractivity contribution in [3.63, 3.8) is 0 Å². The first kappa shape index (κ1) is 15.2. The highest BCUT2D eigenvalue weighted by Crippen LogP contribution is 1.99. The molecule has 0 amide bonds. The van der Waals surface area contributed by atoms with Crippen LogP contribution in [-0.2, 0) is 25.9 Å². The Kier molecular flexibility index (Phi) is 5.11. The van der Waals surface area contributed by atoms with Crippen LogP contribution in [0.3, 0.4) is 0 Å². The third-order valence-electron chi connectivity index (χ3n) is 2.29. The molecule has 2 N–H and O–H groups in total. The number of anilines is 1. The van der Waals surface area contributed by atoms with Gasteiger partial charge >= 0.3 is 5.97 Å². The van der Waals surface area contributed by atoms with Crippen molar-refractivity contribution < 1.29 is 17.9 Å². The van der Waals surface area contributed by atoms with Crippen molar-refractivity contribution in [3.8, 4) is 0 Å². The topological polar surface area (TPSA) is 108 Å². The Morgan fingerprint density at radius 2 is 2.11 bits per heavy atom. The number of sulfone groups is 1. The minimum atomic E-state index is -3.61. The first-order valence-corrected chi connectivity index (χ1v) is 7.48. The molecule has 0 unspecified atom stereocenters. The van der Waals surface area contributed by atoms with E-state index in [1.807, 2.05) is 0 Å². The minimum Gasteiger partial charge on any atom is -0.465 e. The average molecular weight is 288 g/mol. The number of pyridine rings is 1. The van der Waals surface area contributed by atoms with E-state index in [4.69, 9.17) is 5.73 Å². The zero-order valence-electron chi connectivity index (χ0n) is 10.5. The number of hydrogen-bond donors (Lipinski definition) is 1. The van der Waals surface area contributed by atoms with Crippen molar-refractivity contribution in [1.29, 1.82) is 0 Å². The summed E-state index contributed by atoms with van der Waals surface area (Å²) in [5.74, 6) is -1.80. The van der Waals surface area contributed by atoms with Gasteiger partial charge in [0.1, 0.15) is 5.75 Å². The van der Waals surface area contributed by atoms with Gasteiger partial charge in [-0.1, -0.05) is 0 Å². The number of aryl methyl sites for hydroxylation is 1. The smallest absolute Gasteiger partial charge is 0.321 e. The number of esters is 1. The van der Waals surface area contributed by atoms with Gasteiger partial charge in [0, 0.05) is 24.5 Å². The second-order valence-corrected chi connectivity index (χ2v) is 6.08. The summed E-state index contributed by atoms with van der Waals surface area (Å²) in [5.41, 5.74) is 5.52. The SMILES string of the molecule is CCOC(=O)CS(=O)(=O)CCn1cc(N)ccc1=O. The van der Waals surface area contributed by atoms with E-state index in [1.54, 1.807) is 6.92 Å². The zero-order valence-corrected chi connectivity index (χ0v) is 11.4. The Hall–Kier alpha value is -1.83. The molecule has 0 bridgehead atoms. The van der Waals surface area contributed by atoms with E-state index in [-0.39, 0.29) is 24.5 Å². The first-order chi connectivity index (χ1) is 8.84. The predicted octanol–water partition coefficient (Wildman–Crippen LogP) is -0.592. The van der Waals surface area contributed by atoms with Crippen molar-refractivity contribution >= 4 is 21.5 Å². The van der Waals surface area contributed by atoms with Crippen LogP contribution in [0.4, 0.5) is 5.69 Å². The lowest BCUT2D eigenvalue weighted by atomic mass is 10.4. The first-order valence-electron chi connectivity index (χ1n) is 5.66. The lowest BCUT2D eigenvalue weighted by Gasteiger charge is -2.07. The van der Waals surface area contributed by atoms with Crippen LogP contribution >= 0.6 is 0 Å². The third kappa shape index (κ3) is 5.12. The lowest BCUT2D eigenvalue weighted by molar-refractivity contribution is -0.139. The summed E-state index contributed by atoms with van der Waals surface area (Å²) in [5, 5.41) is 0. The highest BCUT2D eigenvalue weighted by atomic mass is 32.2. The van der Waals surface area contributed by atoms with Gasteiger partial charge in [0.25, 0.3) is 5.56 Å². The van der Waals surface area contributed by atoms with Crippen molar-refractivity contribution in [2.24, 2.45) is 0 Å². The third-order valence-corrected chi connectivity index (χ3v) is 3.77. The van der Waals surface area contributed by atoms with E-state index < -0.39 is 21.6 Å². The van der Waals surface area contributed by atoms with Gasteiger partial charge in [-0.3, -0.25) is 9.59 Å². The molecule has 0 aliphatic heterocycles. The number of aromatic nitrogens is 1. The summed E-state index contributed by atoms with van der Waals surface area (Å²) >= 11 is 0. The van der Waals surface area contributed by atoms with Crippen LogP contribution in [0.2, 0.25) is 0 Å². The highest BCUT2D eigenvalue weighted by Gasteiger charge is 2.17. The Labute approximate surface area is 110 Å². The highest BCUT2D eigenvalue weighted by molar-refractivity contribution is 7.92. The summed E-state index contributed by atoms with van der Waals surface area (Å²) in [7, 11) is -3.61. The molecule has 0 fully saturated rings. The summed E-state index contributed by atoms with van der Waals surface area (Å²) in [6.45, 7) is 1.67. The predicted molar refractivity (Wildman–Crippen MR) is 70.4 cm³/mol. The van der Waals surface area contributed by atoms with Crippen molar-refractivity contribution in [2.75, 3.05) is 23.8 Å². The van der Waals surface area contributed by atoms with Gasteiger partial charge in [-0.15, -0.1) is 0 Å². The maximum absolute atomic E-state index is 11.6. The number of nitrogens with two attached hydrogens (primary N) is 1. The van der Waals surface area contributed by atoms with E-state index in [0.717, 1.165) is 0 Å². The molecule has 1 aromatic rings. The van der Waals surface area contributed by atoms with E-state index >= 15 is 0 Å². The summed E-state index contributed by atoms with van der Waals surface area (Å²) < 4.78 is 29.0. The molecule has 0 aromatic carbocycles. The molecule has 0 atom stereocenters. The number of carbonyl (C=O) groups is 1. The van der Waals surface area contributed by atoms with Crippen LogP contribution in [0.15, 0.2) is 23.1 Å². The molecule has 106 valence electrons. The summed E-state index contributed by atoms with van der Waals surface area (Å²) in [6.07, 6.45) is 1.36. The Bertz CT molecular complexity index is 606. The Balaban J connectivity index is 2.67. The molecular formula is C11H16N2O5S. The molecule has 7 nitrogen and oxygen atoms in total. The normalized spacial score (nSPS) is 11.2. The number of nitrogen functional groups attached to an aromatic ring is 1. The van der Waals surface area contributed by atoms with Gasteiger partial charge in [-0.2, -0.15) is 0 Å². The maximum atomic E-state index is 11.6. The van der Waals surface area contributed by atoms with Crippen LogP contribution in [0.25, 0.3) is 0 Å². The van der Waals surface area contributed by atoms with Gasteiger partial charge in [0.05, 0.1) is 12.4 Å². The number of nitrogens with zero attached hydrogens (tertiary/aromatic N) is 1. The van der Waals surface area contributed by atoms with Crippen LogP contribution in [-0.4, -0.2) is 37.1 Å². The van der Waals surface area contributed by atoms with E-state index in [9.17, 15) is 18.0 Å². The van der Waals surface area contributed by atoms with Crippen LogP contribution in [0.5, 0.6) is 0 Å². The molecule has 8 heteroatoms. The van der Waals surface area contributed by atoms with Crippen LogP contribution in [0, 0.1) is 0 Å². The quantitative estimate of drug-likeness (QED) is 0.701. The molecule has 1 aromatic heterocycles. The fourth-order valence-electron chi connectivity index (χ4n) is 1.42. The molecule has 1 heterocycles. The van der Waals surface area contributed by atoms with Gasteiger partial charge in [-0.05, 0) is 13.0 Å². The second kappa shape index (κ2) is 6.37. The summed E-state index contributed by atoms with van der Waals surface area (Å²) in [6, 6.07) is 2.69. The fraction of sp³-hybridized carbons (Fsp3) is 0.455. The monoisotopic (exact) mass is 288 g/mol. The standard InChI is InChI=1S/C11H16N2O5S/c1-2-18-11(15)8-19(16,17)6-5-13-7-9(12)3-4-10(13)14/h3-4,7H,2,5-6,8,12H2,1H3. The van der Waals surface area contributed by atoms with E-state index in [0.29, 0.717) is 5.69 Å². The van der Waals surface area contributed by atoms with E-state index in [1.165, 1.54) is 22.9 Å². The molecule has 19 heavy (non-hydrogen) atoms. The number of hydrogen-bond acceptors (Lipinski definition) is 6.